The second-order valence-electron chi connectivity index (χ2n) is 4.88. The Balaban J connectivity index is 2.62. The van der Waals surface area contributed by atoms with Gasteiger partial charge in [-0.05, 0) is 38.9 Å². The van der Waals surface area contributed by atoms with Crippen molar-refractivity contribution in [1.82, 2.24) is 15.1 Å². The number of aryl methyl sites for hydroxylation is 4. The van der Waals surface area contributed by atoms with E-state index in [-0.39, 0.29) is 0 Å². The minimum atomic E-state index is 0.833. The minimum Gasteiger partial charge on any atom is -0.314 e. The van der Waals surface area contributed by atoms with Gasteiger partial charge >= 0.3 is 0 Å². The molecule has 2 rings (SSSR count). The molecule has 0 amide bonds. The Kier molecular flexibility index (Phi) is 3.53. The molecule has 0 bridgehead atoms. The minimum absolute atomic E-state index is 0.833. The first-order chi connectivity index (χ1) is 8.54. The maximum Gasteiger partial charge on any atom is 0.0675 e. The van der Waals surface area contributed by atoms with Gasteiger partial charge in [-0.1, -0.05) is 23.8 Å². The summed E-state index contributed by atoms with van der Waals surface area (Å²) < 4.78 is 1.97. The van der Waals surface area contributed by atoms with Crippen LogP contribution in [0.2, 0.25) is 0 Å². The summed E-state index contributed by atoms with van der Waals surface area (Å²) in [5, 5.41) is 7.76. The lowest BCUT2D eigenvalue weighted by molar-refractivity contribution is 0.669. The third kappa shape index (κ3) is 2.18. The first-order valence-corrected chi connectivity index (χ1v) is 6.29. The highest BCUT2D eigenvalue weighted by atomic mass is 15.3. The molecule has 18 heavy (non-hydrogen) atoms. The van der Waals surface area contributed by atoms with Crippen molar-refractivity contribution in [3.05, 3.63) is 40.7 Å². The van der Waals surface area contributed by atoms with Crippen LogP contribution in [0.3, 0.4) is 0 Å². The number of nitrogens with one attached hydrogen (secondary N) is 1. The highest BCUT2D eigenvalue weighted by Gasteiger charge is 2.15. The van der Waals surface area contributed by atoms with Crippen LogP contribution >= 0.6 is 0 Å². The second kappa shape index (κ2) is 4.94. The van der Waals surface area contributed by atoms with Gasteiger partial charge < -0.3 is 5.32 Å². The third-order valence-electron chi connectivity index (χ3n) is 3.34. The van der Waals surface area contributed by atoms with Crippen molar-refractivity contribution in [2.75, 3.05) is 7.05 Å². The van der Waals surface area contributed by atoms with Gasteiger partial charge in [-0.3, -0.25) is 4.68 Å². The second-order valence-corrected chi connectivity index (χ2v) is 4.88. The third-order valence-corrected chi connectivity index (χ3v) is 3.34. The molecule has 0 saturated heterocycles. The Morgan fingerprint density at radius 3 is 2.56 bits per heavy atom. The van der Waals surface area contributed by atoms with Crippen LogP contribution in [-0.4, -0.2) is 16.8 Å². The predicted octanol–water partition coefficient (Wildman–Crippen LogP) is 2.73. The topological polar surface area (TPSA) is 29.9 Å². The van der Waals surface area contributed by atoms with E-state index in [0.29, 0.717) is 0 Å². The zero-order chi connectivity index (χ0) is 13.3. The maximum absolute atomic E-state index is 4.55. The monoisotopic (exact) mass is 243 g/mol. The van der Waals surface area contributed by atoms with E-state index in [1.807, 2.05) is 18.8 Å². The van der Waals surface area contributed by atoms with Crippen LogP contribution in [0, 0.1) is 20.8 Å². The molecule has 1 aromatic heterocycles. The number of nitrogens with zero attached hydrogens (tertiary/aromatic N) is 2. The summed E-state index contributed by atoms with van der Waals surface area (Å²) in [4.78, 5) is 0. The molecule has 0 aliphatic carbocycles. The summed E-state index contributed by atoms with van der Waals surface area (Å²) >= 11 is 0. The van der Waals surface area contributed by atoms with Gasteiger partial charge in [0.1, 0.15) is 0 Å². The van der Waals surface area contributed by atoms with Gasteiger partial charge in [0.25, 0.3) is 0 Å². The smallest absolute Gasteiger partial charge is 0.0675 e. The summed E-state index contributed by atoms with van der Waals surface area (Å²) in [6.45, 7) is 7.20. The van der Waals surface area contributed by atoms with E-state index < -0.39 is 0 Å². The van der Waals surface area contributed by atoms with Crippen LogP contribution < -0.4 is 5.32 Å². The van der Waals surface area contributed by atoms with Crippen molar-refractivity contribution in [3.63, 3.8) is 0 Å². The maximum atomic E-state index is 4.55. The average Bonchev–Trinajstić information content (AvgIpc) is 2.56. The number of aromatic nitrogens is 2. The molecule has 2 aromatic rings. The normalized spacial score (nSPS) is 10.9. The molecule has 1 aromatic carbocycles. The Hall–Kier alpha value is -1.61. The predicted molar refractivity (Wildman–Crippen MR) is 75.6 cm³/mol. The zero-order valence-electron chi connectivity index (χ0n) is 11.8. The molecule has 3 nitrogen and oxygen atoms in total. The van der Waals surface area contributed by atoms with Gasteiger partial charge in [0.2, 0.25) is 0 Å². The standard InChI is InChI=1S/C15H21N3/c1-10-6-7-13(11(2)8-10)15-12(3)17-18(5)14(15)9-16-4/h6-8,16H,9H2,1-5H3. The van der Waals surface area contributed by atoms with Crippen LogP contribution in [0.4, 0.5) is 0 Å². The molecule has 0 unspecified atom stereocenters. The Bertz CT molecular complexity index is 567. The fourth-order valence-electron chi connectivity index (χ4n) is 2.52. The molecule has 0 saturated carbocycles. The average molecular weight is 243 g/mol. The summed E-state index contributed by atoms with van der Waals surface area (Å²) in [5.74, 6) is 0. The SMILES string of the molecule is CNCc1c(-c2ccc(C)cc2C)c(C)nn1C. The molecule has 0 fully saturated rings. The van der Waals surface area contributed by atoms with Crippen molar-refractivity contribution < 1.29 is 0 Å². The van der Waals surface area contributed by atoms with Crippen molar-refractivity contribution in [2.45, 2.75) is 27.3 Å². The lowest BCUT2D eigenvalue weighted by atomic mass is 9.97. The van der Waals surface area contributed by atoms with E-state index >= 15 is 0 Å². The Morgan fingerprint density at radius 1 is 1.22 bits per heavy atom. The van der Waals surface area contributed by atoms with Crippen molar-refractivity contribution in [2.24, 2.45) is 7.05 Å². The molecule has 0 spiro atoms. The summed E-state index contributed by atoms with van der Waals surface area (Å²) in [5.41, 5.74) is 7.49. The van der Waals surface area contributed by atoms with E-state index in [4.69, 9.17) is 0 Å². The van der Waals surface area contributed by atoms with Crippen molar-refractivity contribution in [1.29, 1.82) is 0 Å². The summed E-state index contributed by atoms with van der Waals surface area (Å²) in [7, 11) is 3.97. The molecular formula is C15H21N3. The molecule has 1 heterocycles. The lowest BCUT2D eigenvalue weighted by Crippen LogP contribution is -2.10. The zero-order valence-corrected chi connectivity index (χ0v) is 11.8. The van der Waals surface area contributed by atoms with Gasteiger partial charge in [-0.25, -0.2) is 0 Å². The van der Waals surface area contributed by atoms with E-state index in [1.165, 1.54) is 27.9 Å². The quantitative estimate of drug-likeness (QED) is 0.898. The fraction of sp³-hybridized carbons (Fsp3) is 0.400. The van der Waals surface area contributed by atoms with Crippen LogP contribution in [0.15, 0.2) is 18.2 Å². The number of rotatable bonds is 3. The number of benzene rings is 1. The van der Waals surface area contributed by atoms with E-state index in [9.17, 15) is 0 Å². The highest BCUT2D eigenvalue weighted by Crippen LogP contribution is 2.30. The fourth-order valence-corrected chi connectivity index (χ4v) is 2.52. The van der Waals surface area contributed by atoms with E-state index in [2.05, 4.69) is 49.4 Å². The van der Waals surface area contributed by atoms with Crippen molar-refractivity contribution in [3.8, 4) is 11.1 Å². The first-order valence-electron chi connectivity index (χ1n) is 6.29. The highest BCUT2D eigenvalue weighted by molar-refractivity contribution is 5.72. The van der Waals surface area contributed by atoms with E-state index in [1.54, 1.807) is 0 Å². The molecule has 0 aliphatic rings. The van der Waals surface area contributed by atoms with Crippen LogP contribution in [0.1, 0.15) is 22.5 Å². The van der Waals surface area contributed by atoms with Crippen LogP contribution in [0.25, 0.3) is 11.1 Å². The van der Waals surface area contributed by atoms with Gasteiger partial charge in [-0.15, -0.1) is 0 Å². The Morgan fingerprint density at radius 2 is 1.94 bits per heavy atom. The molecular weight excluding hydrogens is 222 g/mol. The van der Waals surface area contributed by atoms with Gasteiger partial charge in [-0.2, -0.15) is 5.10 Å². The van der Waals surface area contributed by atoms with E-state index in [0.717, 1.165) is 12.2 Å². The largest absolute Gasteiger partial charge is 0.314 e. The molecule has 1 N–H and O–H groups in total. The Labute approximate surface area is 109 Å². The van der Waals surface area contributed by atoms with Crippen molar-refractivity contribution >= 4 is 0 Å². The van der Waals surface area contributed by atoms with Gasteiger partial charge in [0, 0.05) is 19.2 Å². The molecule has 3 heteroatoms. The van der Waals surface area contributed by atoms with Crippen LogP contribution in [0.5, 0.6) is 0 Å². The summed E-state index contributed by atoms with van der Waals surface area (Å²) in [6.07, 6.45) is 0. The number of hydrogen-bond acceptors (Lipinski definition) is 2. The summed E-state index contributed by atoms with van der Waals surface area (Å²) in [6, 6.07) is 6.59. The van der Waals surface area contributed by atoms with Crippen LogP contribution in [-0.2, 0) is 13.6 Å². The first kappa shape index (κ1) is 12.8. The lowest BCUT2D eigenvalue weighted by Gasteiger charge is -2.10. The van der Waals surface area contributed by atoms with Gasteiger partial charge in [0.15, 0.2) is 0 Å². The van der Waals surface area contributed by atoms with Gasteiger partial charge in [0.05, 0.1) is 11.4 Å². The number of hydrogen-bond donors (Lipinski definition) is 1. The molecule has 0 aliphatic heterocycles. The molecule has 0 atom stereocenters. The molecule has 0 radical (unpaired) electrons. The molecule has 96 valence electrons.